The monoisotopic (exact) mass is 261 g/mol. The lowest BCUT2D eigenvalue weighted by Gasteiger charge is -2.24. The number of aromatic nitrogens is 1. The molecule has 1 saturated heterocycles. The van der Waals surface area contributed by atoms with Crippen molar-refractivity contribution < 1.29 is 0 Å². The molecular formula is C16H27N3. The molecule has 2 heterocycles. The normalized spacial score (nSPS) is 20.6. The molecule has 0 aromatic carbocycles. The number of nitrogens with zero attached hydrogens (tertiary/aromatic N) is 2. The Balaban J connectivity index is 2.03. The molecule has 19 heavy (non-hydrogen) atoms. The summed E-state index contributed by atoms with van der Waals surface area (Å²) in [7, 11) is 1.97. The van der Waals surface area contributed by atoms with Gasteiger partial charge in [0.2, 0.25) is 0 Å². The van der Waals surface area contributed by atoms with E-state index in [0.717, 1.165) is 24.1 Å². The quantitative estimate of drug-likeness (QED) is 0.903. The third-order valence-electron chi connectivity index (χ3n) is 4.24. The third-order valence-corrected chi connectivity index (χ3v) is 4.24. The zero-order chi connectivity index (χ0) is 13.7. The number of nitrogens with one attached hydrogen (secondary N) is 1. The maximum absolute atomic E-state index is 4.40. The highest BCUT2D eigenvalue weighted by molar-refractivity contribution is 5.46. The van der Waals surface area contributed by atoms with Gasteiger partial charge in [0.15, 0.2) is 0 Å². The Morgan fingerprint density at radius 3 is 2.95 bits per heavy atom. The van der Waals surface area contributed by atoms with Crippen LogP contribution in [-0.4, -0.2) is 25.1 Å². The zero-order valence-corrected chi connectivity index (χ0v) is 12.5. The van der Waals surface area contributed by atoms with Crippen LogP contribution in [0.15, 0.2) is 18.3 Å². The fourth-order valence-corrected chi connectivity index (χ4v) is 2.99. The summed E-state index contributed by atoms with van der Waals surface area (Å²) in [6.45, 7) is 7.93. The summed E-state index contributed by atoms with van der Waals surface area (Å²) in [5.41, 5.74) is 2.47. The van der Waals surface area contributed by atoms with E-state index in [2.05, 4.69) is 41.2 Å². The summed E-state index contributed by atoms with van der Waals surface area (Å²) >= 11 is 0. The van der Waals surface area contributed by atoms with Gasteiger partial charge in [-0.15, -0.1) is 0 Å². The van der Waals surface area contributed by atoms with E-state index in [9.17, 15) is 0 Å². The Morgan fingerprint density at radius 2 is 2.21 bits per heavy atom. The van der Waals surface area contributed by atoms with Crippen molar-refractivity contribution in [3.63, 3.8) is 0 Å². The van der Waals surface area contributed by atoms with Crippen LogP contribution in [0.2, 0.25) is 0 Å². The van der Waals surface area contributed by atoms with Gasteiger partial charge in [-0.25, -0.2) is 0 Å². The molecule has 106 valence electrons. The third kappa shape index (κ3) is 3.93. The van der Waals surface area contributed by atoms with Crippen molar-refractivity contribution in [3.8, 4) is 0 Å². The second kappa shape index (κ2) is 6.90. The predicted octanol–water partition coefficient (Wildman–Crippen LogP) is 3.06. The molecule has 1 fully saturated rings. The van der Waals surface area contributed by atoms with Crippen LogP contribution in [0.25, 0.3) is 0 Å². The average molecular weight is 261 g/mol. The molecule has 1 aromatic heterocycles. The van der Waals surface area contributed by atoms with E-state index < -0.39 is 0 Å². The molecule has 0 amide bonds. The van der Waals surface area contributed by atoms with Crippen LogP contribution in [0.1, 0.15) is 38.8 Å². The molecule has 0 radical (unpaired) electrons. The molecule has 0 aliphatic carbocycles. The van der Waals surface area contributed by atoms with Crippen LogP contribution >= 0.6 is 0 Å². The Kier molecular flexibility index (Phi) is 5.20. The molecule has 1 aliphatic heterocycles. The van der Waals surface area contributed by atoms with Crippen LogP contribution in [0.3, 0.4) is 0 Å². The number of pyridine rings is 1. The summed E-state index contributed by atoms with van der Waals surface area (Å²) in [5.74, 6) is 1.71. The lowest BCUT2D eigenvalue weighted by Crippen LogP contribution is -2.25. The fourth-order valence-electron chi connectivity index (χ4n) is 2.99. The maximum atomic E-state index is 4.40. The molecule has 1 aliphatic rings. The van der Waals surface area contributed by atoms with Crippen molar-refractivity contribution in [3.05, 3.63) is 24.0 Å². The molecule has 0 saturated carbocycles. The van der Waals surface area contributed by atoms with Crippen molar-refractivity contribution in [2.45, 2.75) is 39.7 Å². The van der Waals surface area contributed by atoms with Gasteiger partial charge in [-0.1, -0.05) is 13.8 Å². The van der Waals surface area contributed by atoms with Crippen molar-refractivity contribution in [2.24, 2.45) is 11.8 Å². The molecule has 1 atom stereocenters. The highest BCUT2D eigenvalue weighted by Gasteiger charge is 2.19. The Hall–Kier alpha value is -1.09. The molecule has 1 unspecified atom stereocenters. The fraction of sp³-hybridized carbons (Fsp3) is 0.688. The van der Waals surface area contributed by atoms with Crippen LogP contribution in [-0.2, 0) is 6.54 Å². The SMILES string of the molecule is CNCc1cc(N2CCCC(C(C)C)CC2)ccn1. The minimum Gasteiger partial charge on any atom is -0.371 e. The van der Waals surface area contributed by atoms with Gasteiger partial charge >= 0.3 is 0 Å². The molecule has 0 bridgehead atoms. The van der Waals surface area contributed by atoms with Gasteiger partial charge in [0.25, 0.3) is 0 Å². The maximum Gasteiger partial charge on any atom is 0.0562 e. The van der Waals surface area contributed by atoms with Gasteiger partial charge in [-0.3, -0.25) is 4.98 Å². The molecule has 1 N–H and O–H groups in total. The van der Waals surface area contributed by atoms with E-state index in [-0.39, 0.29) is 0 Å². The van der Waals surface area contributed by atoms with E-state index in [1.807, 2.05) is 13.2 Å². The van der Waals surface area contributed by atoms with Gasteiger partial charge < -0.3 is 10.2 Å². The summed E-state index contributed by atoms with van der Waals surface area (Å²) in [5, 5.41) is 3.17. The van der Waals surface area contributed by atoms with Crippen molar-refractivity contribution >= 4 is 5.69 Å². The van der Waals surface area contributed by atoms with Crippen LogP contribution in [0, 0.1) is 11.8 Å². The van der Waals surface area contributed by atoms with E-state index in [1.165, 1.54) is 38.0 Å². The van der Waals surface area contributed by atoms with Gasteiger partial charge in [0.1, 0.15) is 0 Å². The van der Waals surface area contributed by atoms with Gasteiger partial charge in [-0.2, -0.15) is 0 Å². The number of hydrogen-bond donors (Lipinski definition) is 1. The minimum atomic E-state index is 0.817. The smallest absolute Gasteiger partial charge is 0.0562 e. The minimum absolute atomic E-state index is 0.817. The van der Waals surface area contributed by atoms with Crippen molar-refractivity contribution in [2.75, 3.05) is 25.0 Å². The predicted molar refractivity (Wildman–Crippen MR) is 81.4 cm³/mol. The molecule has 2 rings (SSSR count). The standard InChI is InChI=1S/C16H27N3/c1-13(2)14-5-4-9-19(10-7-14)16-6-8-18-15(11-16)12-17-3/h6,8,11,13-14,17H,4-5,7,9-10,12H2,1-3H3. The molecule has 3 nitrogen and oxygen atoms in total. The lowest BCUT2D eigenvalue weighted by molar-refractivity contribution is 0.351. The van der Waals surface area contributed by atoms with Gasteiger partial charge in [-0.05, 0) is 50.3 Å². The van der Waals surface area contributed by atoms with Crippen LogP contribution in [0.5, 0.6) is 0 Å². The van der Waals surface area contributed by atoms with E-state index in [1.54, 1.807) is 0 Å². The van der Waals surface area contributed by atoms with E-state index in [0.29, 0.717) is 0 Å². The first-order valence-corrected chi connectivity index (χ1v) is 7.55. The highest BCUT2D eigenvalue weighted by atomic mass is 15.1. The first kappa shape index (κ1) is 14.3. The number of rotatable bonds is 4. The first-order chi connectivity index (χ1) is 9.20. The lowest BCUT2D eigenvalue weighted by atomic mass is 9.89. The Bertz CT molecular complexity index is 389. The summed E-state index contributed by atoms with van der Waals surface area (Å²) in [6.07, 6.45) is 5.95. The molecule has 3 heteroatoms. The van der Waals surface area contributed by atoms with Crippen LogP contribution in [0.4, 0.5) is 5.69 Å². The second-order valence-corrected chi connectivity index (χ2v) is 5.96. The molecule has 0 spiro atoms. The van der Waals surface area contributed by atoms with Gasteiger partial charge in [0, 0.05) is 31.5 Å². The summed E-state index contributed by atoms with van der Waals surface area (Å²) in [4.78, 5) is 6.93. The first-order valence-electron chi connectivity index (χ1n) is 7.55. The van der Waals surface area contributed by atoms with Crippen molar-refractivity contribution in [1.29, 1.82) is 0 Å². The largest absolute Gasteiger partial charge is 0.371 e. The number of hydrogen-bond acceptors (Lipinski definition) is 3. The van der Waals surface area contributed by atoms with Gasteiger partial charge in [0.05, 0.1) is 5.69 Å². The second-order valence-electron chi connectivity index (χ2n) is 5.96. The van der Waals surface area contributed by atoms with Crippen LogP contribution < -0.4 is 10.2 Å². The topological polar surface area (TPSA) is 28.2 Å². The molecule has 1 aromatic rings. The summed E-state index contributed by atoms with van der Waals surface area (Å²) in [6, 6.07) is 4.38. The Morgan fingerprint density at radius 1 is 1.37 bits per heavy atom. The van der Waals surface area contributed by atoms with Crippen molar-refractivity contribution in [1.82, 2.24) is 10.3 Å². The van der Waals surface area contributed by atoms with E-state index >= 15 is 0 Å². The Labute approximate surface area is 117 Å². The zero-order valence-electron chi connectivity index (χ0n) is 12.5. The average Bonchev–Trinajstić information content (AvgIpc) is 2.65. The van der Waals surface area contributed by atoms with E-state index in [4.69, 9.17) is 0 Å². The summed E-state index contributed by atoms with van der Waals surface area (Å²) < 4.78 is 0. The highest BCUT2D eigenvalue weighted by Crippen LogP contribution is 2.27. The number of anilines is 1. The molecular weight excluding hydrogens is 234 g/mol.